The summed E-state index contributed by atoms with van der Waals surface area (Å²) >= 11 is 1.47. The van der Waals surface area contributed by atoms with Crippen molar-refractivity contribution >= 4 is 23.3 Å². The fraction of sp³-hybridized carbons (Fsp3) is 0.294. The van der Waals surface area contributed by atoms with Crippen LogP contribution in [-0.2, 0) is 0 Å². The monoisotopic (exact) mass is 358 g/mol. The van der Waals surface area contributed by atoms with Crippen LogP contribution in [-0.4, -0.2) is 27.2 Å². The molecule has 2 aromatic heterocycles. The second-order valence-corrected chi connectivity index (χ2v) is 6.91. The van der Waals surface area contributed by atoms with Gasteiger partial charge in [0.05, 0.1) is 16.8 Å². The molecule has 25 heavy (non-hydrogen) atoms. The quantitative estimate of drug-likeness (QED) is 0.745. The molecule has 1 amide bonds. The first-order valence-electron chi connectivity index (χ1n) is 7.78. The smallest absolute Gasteiger partial charge is 0.322 e. The summed E-state index contributed by atoms with van der Waals surface area (Å²) < 4.78 is 11.1. The lowest BCUT2D eigenvalue weighted by Gasteiger charge is -2.09. The molecule has 0 bridgehead atoms. The minimum atomic E-state index is -0.330. The van der Waals surface area contributed by atoms with E-state index in [4.69, 9.17) is 9.15 Å². The van der Waals surface area contributed by atoms with Gasteiger partial charge in [-0.1, -0.05) is 5.10 Å². The van der Waals surface area contributed by atoms with Crippen LogP contribution >= 0.6 is 11.3 Å². The zero-order valence-electron chi connectivity index (χ0n) is 14.4. The van der Waals surface area contributed by atoms with E-state index >= 15 is 0 Å². The summed E-state index contributed by atoms with van der Waals surface area (Å²) in [6.45, 7) is 7.68. The van der Waals surface area contributed by atoms with E-state index in [1.165, 1.54) is 11.3 Å². The highest BCUT2D eigenvalue weighted by molar-refractivity contribution is 7.15. The Balaban J connectivity index is 1.70. The summed E-state index contributed by atoms with van der Waals surface area (Å²) in [5.74, 6) is 0.727. The molecular weight excluding hydrogens is 340 g/mol. The third kappa shape index (κ3) is 4.03. The van der Waals surface area contributed by atoms with Crippen LogP contribution in [0.25, 0.3) is 10.8 Å². The van der Waals surface area contributed by atoms with Gasteiger partial charge < -0.3 is 9.15 Å². The van der Waals surface area contributed by atoms with E-state index in [1.807, 2.05) is 27.7 Å². The Morgan fingerprint density at radius 3 is 2.52 bits per heavy atom. The maximum absolute atomic E-state index is 12.3. The molecule has 1 N–H and O–H groups in total. The van der Waals surface area contributed by atoms with Crippen LogP contribution in [0.3, 0.4) is 0 Å². The number of carbonyl (C=O) groups is 1. The molecule has 0 fully saturated rings. The van der Waals surface area contributed by atoms with Crippen molar-refractivity contribution in [2.45, 2.75) is 33.8 Å². The number of rotatable bonds is 5. The van der Waals surface area contributed by atoms with Gasteiger partial charge in [0, 0.05) is 5.56 Å². The molecule has 0 unspecified atom stereocenters. The Bertz CT molecular complexity index is 884. The molecule has 0 aliphatic heterocycles. The summed E-state index contributed by atoms with van der Waals surface area (Å²) in [5.41, 5.74) is 1.30. The molecule has 3 aromatic rings. The van der Waals surface area contributed by atoms with Gasteiger partial charge in [-0.2, -0.15) is 0 Å². The Hall–Kier alpha value is -2.74. The summed E-state index contributed by atoms with van der Waals surface area (Å²) in [4.78, 5) is 17.4. The van der Waals surface area contributed by atoms with Crippen molar-refractivity contribution in [3.63, 3.8) is 0 Å². The van der Waals surface area contributed by atoms with Crippen LogP contribution in [0, 0.1) is 13.8 Å². The van der Waals surface area contributed by atoms with Crippen molar-refractivity contribution in [2.24, 2.45) is 0 Å². The van der Waals surface area contributed by atoms with Gasteiger partial charge in [0.2, 0.25) is 0 Å². The molecule has 130 valence electrons. The van der Waals surface area contributed by atoms with Crippen LogP contribution in [0.4, 0.5) is 6.01 Å². The minimum Gasteiger partial charge on any atom is -0.491 e. The van der Waals surface area contributed by atoms with Gasteiger partial charge in [0.15, 0.2) is 0 Å². The van der Waals surface area contributed by atoms with Crippen molar-refractivity contribution < 1.29 is 13.9 Å². The number of nitrogens with one attached hydrogen (secondary N) is 1. The first-order chi connectivity index (χ1) is 11.9. The van der Waals surface area contributed by atoms with Crippen molar-refractivity contribution in [2.75, 3.05) is 5.32 Å². The minimum absolute atomic E-state index is 0.0490. The molecule has 7 nitrogen and oxygen atoms in total. The normalized spacial score (nSPS) is 10.9. The molecular formula is C17H18N4O3S. The van der Waals surface area contributed by atoms with Gasteiger partial charge in [0.1, 0.15) is 10.6 Å². The number of nitrogens with zero attached hydrogens (tertiary/aromatic N) is 3. The predicted octanol–water partition coefficient (Wildman–Crippen LogP) is 3.85. The Morgan fingerprint density at radius 1 is 1.20 bits per heavy atom. The summed E-state index contributed by atoms with van der Waals surface area (Å²) in [7, 11) is 0. The summed E-state index contributed by atoms with van der Waals surface area (Å²) in [6, 6.07) is 6.91. The zero-order chi connectivity index (χ0) is 18.0. The van der Waals surface area contributed by atoms with Gasteiger partial charge in [-0.15, -0.1) is 16.4 Å². The van der Waals surface area contributed by atoms with E-state index in [9.17, 15) is 4.79 Å². The second-order valence-electron chi connectivity index (χ2n) is 5.70. The highest BCUT2D eigenvalue weighted by Gasteiger charge is 2.16. The van der Waals surface area contributed by atoms with Gasteiger partial charge in [-0.25, -0.2) is 4.98 Å². The standard InChI is InChI=1S/C17H18N4O3S/c1-9(2)23-13-7-5-12(6-8-13)15(22)19-17-21-20-16(24-17)14-10(3)18-11(4)25-14/h5-9H,1-4H3,(H,19,21,22). The molecule has 2 heterocycles. The van der Waals surface area contributed by atoms with E-state index in [0.29, 0.717) is 17.2 Å². The fourth-order valence-corrected chi connectivity index (χ4v) is 3.06. The summed E-state index contributed by atoms with van der Waals surface area (Å²) in [6.07, 6.45) is 0.0790. The van der Waals surface area contributed by atoms with Crippen molar-refractivity contribution in [1.29, 1.82) is 0 Å². The van der Waals surface area contributed by atoms with E-state index in [0.717, 1.165) is 15.6 Å². The number of hydrogen-bond acceptors (Lipinski definition) is 7. The number of amides is 1. The summed E-state index contributed by atoms with van der Waals surface area (Å²) in [5, 5.41) is 11.4. The predicted molar refractivity (Wildman–Crippen MR) is 95.0 cm³/mol. The van der Waals surface area contributed by atoms with Crippen molar-refractivity contribution in [1.82, 2.24) is 15.2 Å². The Kier molecular flexibility index (Phi) is 4.80. The molecule has 0 saturated carbocycles. The van der Waals surface area contributed by atoms with Crippen LogP contribution in [0.2, 0.25) is 0 Å². The van der Waals surface area contributed by atoms with Crippen LogP contribution in [0.5, 0.6) is 5.75 Å². The number of aryl methyl sites for hydroxylation is 2. The van der Waals surface area contributed by atoms with E-state index in [1.54, 1.807) is 24.3 Å². The first kappa shape index (κ1) is 17.1. The van der Waals surface area contributed by atoms with Gasteiger partial charge in [0.25, 0.3) is 11.8 Å². The zero-order valence-corrected chi connectivity index (χ0v) is 15.2. The second kappa shape index (κ2) is 7.02. The molecule has 0 aliphatic rings. The number of thiazole rings is 1. The fourth-order valence-electron chi connectivity index (χ4n) is 2.22. The highest BCUT2D eigenvalue weighted by Crippen LogP contribution is 2.29. The van der Waals surface area contributed by atoms with E-state index in [2.05, 4.69) is 20.5 Å². The molecule has 3 rings (SSSR count). The number of carbonyl (C=O) groups excluding carboxylic acids is 1. The van der Waals surface area contributed by atoms with Gasteiger partial charge >= 0.3 is 6.01 Å². The van der Waals surface area contributed by atoms with Crippen LogP contribution in [0.15, 0.2) is 28.7 Å². The lowest BCUT2D eigenvalue weighted by molar-refractivity contribution is 0.102. The molecule has 0 aliphatic carbocycles. The third-order valence-corrected chi connectivity index (χ3v) is 4.29. The Labute approximate surface area is 149 Å². The largest absolute Gasteiger partial charge is 0.491 e. The molecule has 0 atom stereocenters. The highest BCUT2D eigenvalue weighted by atomic mass is 32.1. The number of anilines is 1. The number of benzene rings is 1. The first-order valence-corrected chi connectivity index (χ1v) is 8.60. The van der Waals surface area contributed by atoms with Gasteiger partial charge in [-0.3, -0.25) is 10.1 Å². The van der Waals surface area contributed by atoms with E-state index in [-0.39, 0.29) is 18.0 Å². The SMILES string of the molecule is Cc1nc(C)c(-c2nnc(NC(=O)c3ccc(OC(C)C)cc3)o2)s1. The lowest BCUT2D eigenvalue weighted by atomic mass is 10.2. The molecule has 0 spiro atoms. The van der Waals surface area contributed by atoms with E-state index < -0.39 is 0 Å². The lowest BCUT2D eigenvalue weighted by Crippen LogP contribution is -2.12. The van der Waals surface area contributed by atoms with Crippen LogP contribution < -0.4 is 10.1 Å². The average Bonchev–Trinajstić information content (AvgIpc) is 3.13. The molecule has 0 saturated heterocycles. The van der Waals surface area contributed by atoms with Gasteiger partial charge in [-0.05, 0) is 52.0 Å². The van der Waals surface area contributed by atoms with Crippen LogP contribution in [0.1, 0.15) is 34.9 Å². The average molecular weight is 358 g/mol. The van der Waals surface area contributed by atoms with Crippen molar-refractivity contribution in [3.05, 3.63) is 40.5 Å². The topological polar surface area (TPSA) is 90.1 Å². The maximum Gasteiger partial charge on any atom is 0.322 e. The number of aromatic nitrogens is 3. The molecule has 1 aromatic carbocycles. The number of hydrogen-bond donors (Lipinski definition) is 1. The Morgan fingerprint density at radius 2 is 1.92 bits per heavy atom. The molecule has 0 radical (unpaired) electrons. The maximum atomic E-state index is 12.3. The number of ether oxygens (including phenoxy) is 1. The molecule has 8 heteroatoms. The van der Waals surface area contributed by atoms with Crippen molar-refractivity contribution in [3.8, 4) is 16.5 Å². The third-order valence-electron chi connectivity index (χ3n) is 3.23.